The minimum absolute atomic E-state index is 0.0413. The second-order valence-electron chi connectivity index (χ2n) is 6.95. The van der Waals surface area contributed by atoms with E-state index in [0.717, 1.165) is 12.1 Å². The number of methoxy groups -OCH3 is 1. The number of anilines is 1. The summed E-state index contributed by atoms with van der Waals surface area (Å²) < 4.78 is 32.2. The lowest BCUT2D eigenvalue weighted by atomic mass is 10.0. The third kappa shape index (κ3) is 4.77. The minimum Gasteiger partial charge on any atom is -0.495 e. The predicted octanol–water partition coefficient (Wildman–Crippen LogP) is 2.58. The highest BCUT2D eigenvalue weighted by Gasteiger charge is 2.38. The molecule has 0 bridgehead atoms. The van der Waals surface area contributed by atoms with Gasteiger partial charge in [0.05, 0.1) is 18.7 Å². The molecule has 1 fully saturated rings. The van der Waals surface area contributed by atoms with Crippen molar-refractivity contribution in [2.75, 3.05) is 25.6 Å². The number of halogens is 3. The molecule has 0 aromatic heterocycles. The summed E-state index contributed by atoms with van der Waals surface area (Å²) >= 11 is 6.04. The third-order valence-corrected chi connectivity index (χ3v) is 5.23. The summed E-state index contributed by atoms with van der Waals surface area (Å²) in [6.45, 7) is 0.0413. The van der Waals surface area contributed by atoms with E-state index in [0.29, 0.717) is 16.5 Å². The summed E-state index contributed by atoms with van der Waals surface area (Å²) in [6.07, 6.45) is -0.0975. The largest absolute Gasteiger partial charge is 0.495 e. The molecular weight excluding hydrogens is 432 g/mol. The molecule has 2 unspecified atom stereocenters. The molecule has 1 aliphatic heterocycles. The molecular formula is C21H20ClF2N3O4. The molecule has 10 heteroatoms. The Labute approximate surface area is 182 Å². The van der Waals surface area contributed by atoms with Gasteiger partial charge in [0, 0.05) is 25.0 Å². The summed E-state index contributed by atoms with van der Waals surface area (Å²) in [5, 5.41) is 5.31. The Morgan fingerprint density at radius 3 is 2.58 bits per heavy atom. The van der Waals surface area contributed by atoms with Gasteiger partial charge < -0.3 is 20.3 Å². The van der Waals surface area contributed by atoms with Crippen molar-refractivity contribution < 1.29 is 27.9 Å². The highest BCUT2D eigenvalue weighted by atomic mass is 35.5. The van der Waals surface area contributed by atoms with Gasteiger partial charge in [-0.3, -0.25) is 14.4 Å². The molecule has 2 aromatic rings. The first-order chi connectivity index (χ1) is 14.7. The van der Waals surface area contributed by atoms with Crippen molar-refractivity contribution in [1.82, 2.24) is 10.6 Å². The van der Waals surface area contributed by atoms with Crippen molar-refractivity contribution >= 4 is 35.0 Å². The molecule has 2 N–H and O–H groups in total. The molecule has 31 heavy (non-hydrogen) atoms. The van der Waals surface area contributed by atoms with Crippen LogP contribution in [-0.4, -0.2) is 38.4 Å². The molecule has 0 aliphatic carbocycles. The number of nitrogens with zero attached hydrogens (tertiary/aromatic N) is 1. The Bertz CT molecular complexity index is 1030. The zero-order valence-corrected chi connectivity index (χ0v) is 17.5. The summed E-state index contributed by atoms with van der Waals surface area (Å²) in [7, 11) is 2.81. The van der Waals surface area contributed by atoms with E-state index in [-0.39, 0.29) is 24.4 Å². The smallest absolute Gasteiger partial charge is 0.246 e. The summed E-state index contributed by atoms with van der Waals surface area (Å²) in [5.41, 5.74) is 0.503. The van der Waals surface area contributed by atoms with Crippen molar-refractivity contribution in [2.24, 2.45) is 5.92 Å². The number of carbonyl (C=O) groups is 3. The molecule has 164 valence electrons. The van der Waals surface area contributed by atoms with E-state index >= 15 is 0 Å². The van der Waals surface area contributed by atoms with E-state index < -0.39 is 35.4 Å². The van der Waals surface area contributed by atoms with E-state index in [1.165, 1.54) is 25.1 Å². The fraction of sp³-hybridized carbons (Fsp3) is 0.286. The average Bonchev–Trinajstić information content (AvgIpc) is 3.15. The monoisotopic (exact) mass is 451 g/mol. The van der Waals surface area contributed by atoms with Crippen LogP contribution in [0.1, 0.15) is 18.0 Å². The Hall–Kier alpha value is -3.20. The van der Waals surface area contributed by atoms with E-state index in [9.17, 15) is 23.2 Å². The molecule has 0 spiro atoms. The second-order valence-corrected chi connectivity index (χ2v) is 7.39. The minimum atomic E-state index is -1.25. The number of hydrogen-bond donors (Lipinski definition) is 2. The SMILES string of the molecule is CNC(=O)C(NC(=O)C1CC(=O)N(c2cc(Cl)ccc2OC)C1)c1ccc(F)c(F)c1. The maximum absolute atomic E-state index is 13.6. The molecule has 1 aliphatic rings. The van der Waals surface area contributed by atoms with Crippen LogP contribution in [0.3, 0.4) is 0 Å². The number of amides is 3. The van der Waals surface area contributed by atoms with Crippen LogP contribution in [0.25, 0.3) is 0 Å². The van der Waals surface area contributed by atoms with E-state index in [4.69, 9.17) is 16.3 Å². The highest BCUT2D eigenvalue weighted by Crippen LogP contribution is 2.35. The Kier molecular flexibility index (Phi) is 6.74. The lowest BCUT2D eigenvalue weighted by Crippen LogP contribution is -2.42. The van der Waals surface area contributed by atoms with Crippen LogP contribution in [0.4, 0.5) is 14.5 Å². The number of ether oxygens (including phenoxy) is 1. The maximum atomic E-state index is 13.6. The van der Waals surface area contributed by atoms with Gasteiger partial charge in [0.25, 0.3) is 0 Å². The molecule has 0 radical (unpaired) electrons. The molecule has 3 rings (SSSR count). The van der Waals surface area contributed by atoms with E-state index in [1.807, 2.05) is 0 Å². The van der Waals surface area contributed by atoms with Crippen molar-refractivity contribution in [2.45, 2.75) is 12.5 Å². The fourth-order valence-corrected chi connectivity index (χ4v) is 3.55. The average molecular weight is 452 g/mol. The van der Waals surface area contributed by atoms with Gasteiger partial charge in [0.15, 0.2) is 11.6 Å². The number of hydrogen-bond acceptors (Lipinski definition) is 4. The molecule has 3 amide bonds. The van der Waals surface area contributed by atoms with E-state index in [2.05, 4.69) is 10.6 Å². The van der Waals surface area contributed by atoms with Crippen LogP contribution in [-0.2, 0) is 14.4 Å². The van der Waals surface area contributed by atoms with Crippen molar-refractivity contribution in [1.29, 1.82) is 0 Å². The first-order valence-electron chi connectivity index (χ1n) is 9.36. The standard InChI is InChI=1S/C21H20ClF2N3O4/c1-25-21(30)19(11-3-5-14(23)15(24)7-11)26-20(29)12-8-18(28)27(10-12)16-9-13(22)4-6-17(16)31-2/h3-7,9,12,19H,8,10H2,1-2H3,(H,25,30)(H,26,29). The van der Waals surface area contributed by atoms with Crippen LogP contribution in [0.2, 0.25) is 5.02 Å². The van der Waals surface area contributed by atoms with Crippen molar-refractivity contribution in [3.63, 3.8) is 0 Å². The van der Waals surface area contributed by atoms with Crippen LogP contribution >= 0.6 is 11.6 Å². The summed E-state index contributed by atoms with van der Waals surface area (Å²) in [4.78, 5) is 39.1. The second kappa shape index (κ2) is 9.30. The fourth-order valence-electron chi connectivity index (χ4n) is 3.39. The highest BCUT2D eigenvalue weighted by molar-refractivity contribution is 6.31. The van der Waals surface area contributed by atoms with Gasteiger partial charge in [-0.25, -0.2) is 8.78 Å². The number of carbonyl (C=O) groups excluding carboxylic acids is 3. The van der Waals surface area contributed by atoms with Gasteiger partial charge in [0.1, 0.15) is 11.8 Å². The van der Waals surface area contributed by atoms with Crippen molar-refractivity contribution in [3.05, 3.63) is 58.6 Å². The third-order valence-electron chi connectivity index (χ3n) is 5.00. The van der Waals surface area contributed by atoms with E-state index in [1.54, 1.807) is 18.2 Å². The zero-order valence-electron chi connectivity index (χ0n) is 16.7. The molecule has 2 atom stereocenters. The quantitative estimate of drug-likeness (QED) is 0.706. The van der Waals surface area contributed by atoms with Gasteiger partial charge in [0.2, 0.25) is 17.7 Å². The molecule has 0 saturated carbocycles. The summed E-state index contributed by atoms with van der Waals surface area (Å²) in [5.74, 6) is -4.07. The number of rotatable bonds is 6. The Morgan fingerprint density at radius 1 is 1.19 bits per heavy atom. The Balaban J connectivity index is 1.80. The first-order valence-corrected chi connectivity index (χ1v) is 9.73. The van der Waals surface area contributed by atoms with Gasteiger partial charge in [-0.1, -0.05) is 17.7 Å². The van der Waals surface area contributed by atoms with Gasteiger partial charge in [-0.15, -0.1) is 0 Å². The van der Waals surface area contributed by atoms with Gasteiger partial charge in [-0.05, 0) is 35.9 Å². The number of nitrogens with one attached hydrogen (secondary N) is 2. The predicted molar refractivity (Wildman–Crippen MR) is 110 cm³/mol. The molecule has 7 nitrogen and oxygen atoms in total. The maximum Gasteiger partial charge on any atom is 0.246 e. The van der Waals surface area contributed by atoms with Crippen LogP contribution < -0.4 is 20.3 Å². The van der Waals surface area contributed by atoms with Crippen LogP contribution in [0.15, 0.2) is 36.4 Å². The van der Waals surface area contributed by atoms with Gasteiger partial charge in [-0.2, -0.15) is 0 Å². The number of likely N-dealkylation sites (N-methyl/N-ethyl adjacent to an activating group) is 1. The normalized spacial score (nSPS) is 16.7. The van der Waals surface area contributed by atoms with Crippen LogP contribution in [0, 0.1) is 17.6 Å². The molecule has 1 saturated heterocycles. The van der Waals surface area contributed by atoms with Crippen LogP contribution in [0.5, 0.6) is 5.75 Å². The first kappa shape index (κ1) is 22.5. The zero-order chi connectivity index (χ0) is 22.7. The topological polar surface area (TPSA) is 87.7 Å². The lowest BCUT2D eigenvalue weighted by Gasteiger charge is -2.21. The molecule has 1 heterocycles. The summed E-state index contributed by atoms with van der Waals surface area (Å²) in [6, 6.07) is 6.47. The molecule has 2 aromatic carbocycles. The lowest BCUT2D eigenvalue weighted by molar-refractivity contribution is -0.131. The van der Waals surface area contributed by atoms with Gasteiger partial charge >= 0.3 is 0 Å². The Morgan fingerprint density at radius 2 is 1.94 bits per heavy atom. The number of benzene rings is 2. The van der Waals surface area contributed by atoms with Crippen molar-refractivity contribution in [3.8, 4) is 5.75 Å².